The average molecular weight is 470 g/mol. The third-order valence-electron chi connectivity index (χ3n) is 6.51. The van der Waals surface area contributed by atoms with E-state index in [0.29, 0.717) is 34.5 Å². The van der Waals surface area contributed by atoms with Crippen molar-refractivity contribution in [3.63, 3.8) is 0 Å². The summed E-state index contributed by atoms with van der Waals surface area (Å²) in [7, 11) is 0. The number of aromatic nitrogens is 2. The van der Waals surface area contributed by atoms with Crippen LogP contribution in [0.4, 0.5) is 5.69 Å². The Labute approximate surface area is 208 Å². The minimum atomic E-state index is -0.170. The lowest BCUT2D eigenvalue weighted by molar-refractivity contribution is -0.113. The van der Waals surface area contributed by atoms with Crippen LogP contribution in [-0.2, 0) is 11.3 Å². The normalized spacial score (nSPS) is 14.0. The molecule has 2 heterocycles. The number of carbonyl (C=O) groups excluding carboxylic acids is 1. The molecule has 0 aliphatic carbocycles. The summed E-state index contributed by atoms with van der Waals surface area (Å²) in [5.74, 6) is 0.306. The van der Waals surface area contributed by atoms with Crippen molar-refractivity contribution in [2.24, 2.45) is 0 Å². The number of hydrogen-bond donors (Lipinski definition) is 0. The van der Waals surface area contributed by atoms with Gasteiger partial charge in [-0.25, -0.2) is 4.98 Å². The SMILES string of the molecule is Cc1ccc(-n2c(C=C3C(=O)N(Cc4ccccc4)c4ccccc43)nc3ccccc3c2=O)cc1. The molecule has 1 amide bonds. The zero-order chi connectivity index (χ0) is 24.6. The molecule has 0 spiro atoms. The number of amides is 1. The van der Waals surface area contributed by atoms with Gasteiger partial charge >= 0.3 is 0 Å². The third kappa shape index (κ3) is 3.71. The van der Waals surface area contributed by atoms with Crippen molar-refractivity contribution in [2.45, 2.75) is 13.5 Å². The second kappa shape index (κ2) is 8.78. The Bertz CT molecular complexity index is 1700. The van der Waals surface area contributed by atoms with Crippen molar-refractivity contribution in [3.8, 4) is 5.69 Å². The number of anilines is 1. The minimum absolute atomic E-state index is 0.113. The van der Waals surface area contributed by atoms with Crippen LogP contribution in [0.5, 0.6) is 0 Å². The highest BCUT2D eigenvalue weighted by atomic mass is 16.2. The van der Waals surface area contributed by atoms with Gasteiger partial charge in [-0.15, -0.1) is 0 Å². The van der Waals surface area contributed by atoms with Crippen LogP contribution in [0.2, 0.25) is 0 Å². The molecule has 5 nitrogen and oxygen atoms in total. The van der Waals surface area contributed by atoms with Crippen LogP contribution < -0.4 is 10.5 Å². The van der Waals surface area contributed by atoms with Gasteiger partial charge in [-0.1, -0.05) is 78.4 Å². The van der Waals surface area contributed by atoms with Crippen LogP contribution in [0.3, 0.4) is 0 Å². The van der Waals surface area contributed by atoms with Crippen molar-refractivity contribution in [2.75, 3.05) is 4.90 Å². The van der Waals surface area contributed by atoms with Crippen LogP contribution in [-0.4, -0.2) is 15.5 Å². The van der Waals surface area contributed by atoms with Gasteiger partial charge < -0.3 is 4.90 Å². The van der Waals surface area contributed by atoms with Crippen molar-refractivity contribution in [1.29, 1.82) is 0 Å². The summed E-state index contributed by atoms with van der Waals surface area (Å²) in [5.41, 5.74) is 5.46. The Hall–Kier alpha value is -4.77. The van der Waals surface area contributed by atoms with E-state index in [9.17, 15) is 9.59 Å². The second-order valence-corrected chi connectivity index (χ2v) is 8.92. The number of carbonyl (C=O) groups is 1. The molecular formula is C31H23N3O2. The first kappa shape index (κ1) is 21.7. The number of nitrogens with zero attached hydrogens (tertiary/aromatic N) is 3. The highest BCUT2D eigenvalue weighted by molar-refractivity contribution is 6.35. The summed E-state index contributed by atoms with van der Waals surface area (Å²) in [5, 5.41) is 0.532. The third-order valence-corrected chi connectivity index (χ3v) is 6.51. The number of hydrogen-bond acceptors (Lipinski definition) is 3. The van der Waals surface area contributed by atoms with Gasteiger partial charge in [-0.05, 0) is 48.9 Å². The molecule has 0 N–H and O–H groups in total. The van der Waals surface area contributed by atoms with E-state index in [1.54, 1.807) is 21.6 Å². The van der Waals surface area contributed by atoms with Crippen molar-refractivity contribution in [3.05, 3.63) is 136 Å². The zero-order valence-electron chi connectivity index (χ0n) is 19.8. The molecule has 5 heteroatoms. The Morgan fingerprint density at radius 2 is 1.47 bits per heavy atom. The number of benzene rings is 4. The summed E-state index contributed by atoms with van der Waals surface area (Å²) in [6, 6.07) is 32.7. The lowest BCUT2D eigenvalue weighted by Crippen LogP contribution is -2.26. The number of rotatable bonds is 4. The Kier molecular flexibility index (Phi) is 5.30. The first-order valence-electron chi connectivity index (χ1n) is 11.9. The molecule has 174 valence electrons. The highest BCUT2D eigenvalue weighted by Gasteiger charge is 2.32. The smallest absolute Gasteiger partial charge is 0.266 e. The largest absolute Gasteiger partial charge is 0.303 e. The molecular weight excluding hydrogens is 446 g/mol. The number of aryl methyl sites for hydroxylation is 1. The van der Waals surface area contributed by atoms with Gasteiger partial charge in [0, 0.05) is 5.56 Å². The fourth-order valence-corrected chi connectivity index (χ4v) is 4.69. The van der Waals surface area contributed by atoms with Crippen molar-refractivity contribution >= 4 is 34.1 Å². The lowest BCUT2D eigenvalue weighted by Gasteiger charge is -2.17. The van der Waals surface area contributed by atoms with Gasteiger partial charge in [-0.3, -0.25) is 14.2 Å². The Morgan fingerprint density at radius 1 is 0.778 bits per heavy atom. The summed E-state index contributed by atoms with van der Waals surface area (Å²) in [4.78, 5) is 34.0. The monoisotopic (exact) mass is 469 g/mol. The van der Waals surface area contributed by atoms with Crippen molar-refractivity contribution < 1.29 is 4.79 Å². The van der Waals surface area contributed by atoms with Crippen LogP contribution in [0.15, 0.2) is 108 Å². The van der Waals surface area contributed by atoms with Gasteiger partial charge in [0.2, 0.25) is 0 Å². The predicted octanol–water partition coefficient (Wildman–Crippen LogP) is 5.78. The fraction of sp³-hybridized carbons (Fsp3) is 0.0645. The van der Waals surface area contributed by atoms with Crippen LogP contribution >= 0.6 is 0 Å². The molecule has 0 atom stereocenters. The fourth-order valence-electron chi connectivity index (χ4n) is 4.69. The van der Waals surface area contributed by atoms with E-state index in [0.717, 1.165) is 22.4 Å². The lowest BCUT2D eigenvalue weighted by atomic mass is 10.1. The molecule has 1 aromatic heterocycles. The van der Waals surface area contributed by atoms with Gasteiger partial charge in [0.05, 0.1) is 34.4 Å². The van der Waals surface area contributed by atoms with Gasteiger partial charge in [-0.2, -0.15) is 0 Å². The highest BCUT2D eigenvalue weighted by Crippen LogP contribution is 2.38. The van der Waals surface area contributed by atoms with E-state index in [1.165, 1.54) is 0 Å². The summed E-state index contributed by atoms with van der Waals surface area (Å²) >= 11 is 0. The Morgan fingerprint density at radius 3 is 2.28 bits per heavy atom. The van der Waals surface area contributed by atoms with Crippen molar-refractivity contribution in [1.82, 2.24) is 9.55 Å². The minimum Gasteiger partial charge on any atom is -0.303 e. The van der Waals surface area contributed by atoms with E-state index in [1.807, 2.05) is 104 Å². The Balaban J connectivity index is 1.55. The standard InChI is InChI=1S/C31H23N3O2/c1-21-15-17-23(18-16-21)34-29(32-27-13-7-5-12-25(27)31(34)36)19-26-24-11-6-8-14-28(24)33(30(26)35)20-22-9-3-2-4-10-22/h2-19H,20H2,1H3. The first-order chi connectivity index (χ1) is 17.6. The maximum absolute atomic E-state index is 13.8. The van der Waals surface area contributed by atoms with Gasteiger partial charge in [0.15, 0.2) is 0 Å². The predicted molar refractivity (Wildman–Crippen MR) is 144 cm³/mol. The molecule has 0 saturated heterocycles. The molecule has 6 rings (SSSR count). The topological polar surface area (TPSA) is 55.2 Å². The number of fused-ring (bicyclic) bond motifs is 2. The summed E-state index contributed by atoms with van der Waals surface area (Å²) < 4.78 is 1.59. The van der Waals surface area contributed by atoms with Gasteiger partial charge in [0.1, 0.15) is 5.82 Å². The molecule has 1 aliphatic rings. The van der Waals surface area contributed by atoms with Crippen LogP contribution in [0.25, 0.3) is 28.2 Å². The second-order valence-electron chi connectivity index (χ2n) is 8.92. The molecule has 36 heavy (non-hydrogen) atoms. The molecule has 0 unspecified atom stereocenters. The van der Waals surface area contributed by atoms with E-state index < -0.39 is 0 Å². The van der Waals surface area contributed by atoms with Gasteiger partial charge in [0.25, 0.3) is 11.5 Å². The quantitative estimate of drug-likeness (QED) is 0.314. The summed E-state index contributed by atoms with van der Waals surface area (Å²) in [6.07, 6.45) is 1.75. The molecule has 5 aromatic rings. The van der Waals surface area contributed by atoms with E-state index in [-0.39, 0.29) is 11.5 Å². The maximum Gasteiger partial charge on any atom is 0.266 e. The molecule has 1 aliphatic heterocycles. The molecule has 0 saturated carbocycles. The van der Waals surface area contributed by atoms with Crippen LogP contribution in [0, 0.1) is 6.92 Å². The van der Waals surface area contributed by atoms with E-state index in [2.05, 4.69) is 0 Å². The zero-order valence-corrected chi connectivity index (χ0v) is 19.8. The molecule has 4 aromatic carbocycles. The van der Waals surface area contributed by atoms with E-state index >= 15 is 0 Å². The molecule has 0 fully saturated rings. The van der Waals surface area contributed by atoms with Crippen LogP contribution in [0.1, 0.15) is 22.5 Å². The van der Waals surface area contributed by atoms with E-state index in [4.69, 9.17) is 4.98 Å². The number of para-hydroxylation sites is 2. The average Bonchev–Trinajstić information content (AvgIpc) is 3.16. The molecule has 0 radical (unpaired) electrons. The first-order valence-corrected chi connectivity index (χ1v) is 11.9. The molecule has 0 bridgehead atoms. The maximum atomic E-state index is 13.8. The summed E-state index contributed by atoms with van der Waals surface area (Å²) in [6.45, 7) is 2.47.